The van der Waals surface area contributed by atoms with Crippen LogP contribution in [-0.4, -0.2) is 61.4 Å². The van der Waals surface area contributed by atoms with E-state index in [4.69, 9.17) is 4.74 Å². The van der Waals surface area contributed by atoms with Crippen molar-refractivity contribution in [1.82, 2.24) is 25.1 Å². The van der Waals surface area contributed by atoms with Gasteiger partial charge in [-0.1, -0.05) is 0 Å². The van der Waals surface area contributed by atoms with Crippen molar-refractivity contribution in [3.8, 4) is 5.75 Å². The Kier molecular flexibility index (Phi) is 5.25. The van der Waals surface area contributed by atoms with Gasteiger partial charge in [0.15, 0.2) is 0 Å². The number of rotatable bonds is 5. The number of amides is 1. The minimum absolute atomic E-state index is 0.0785. The number of ether oxygens (including phenoxy) is 1. The van der Waals surface area contributed by atoms with Gasteiger partial charge in [-0.25, -0.2) is 9.07 Å². The second-order valence-corrected chi connectivity index (χ2v) is 7.67. The summed E-state index contributed by atoms with van der Waals surface area (Å²) in [5, 5.41) is 21.8. The summed E-state index contributed by atoms with van der Waals surface area (Å²) in [6, 6.07) is 5.82. The third-order valence-corrected chi connectivity index (χ3v) is 5.79. The quantitative estimate of drug-likeness (QED) is 0.826. The maximum absolute atomic E-state index is 13.1. The summed E-state index contributed by atoms with van der Waals surface area (Å²) in [5.74, 6) is 1.57. The fourth-order valence-corrected chi connectivity index (χ4v) is 4.22. The summed E-state index contributed by atoms with van der Waals surface area (Å²) in [4.78, 5) is 14.5. The Labute approximate surface area is 162 Å². The summed E-state index contributed by atoms with van der Waals surface area (Å²) < 4.78 is 20.6. The topological polar surface area (TPSA) is 93.4 Å². The molecular weight excluding hydrogens is 365 g/mol. The molecule has 0 spiro atoms. The minimum Gasteiger partial charge on any atom is -0.488 e. The first-order valence-electron chi connectivity index (χ1n) is 9.60. The Morgan fingerprint density at radius 2 is 1.96 bits per heavy atom. The van der Waals surface area contributed by atoms with Gasteiger partial charge in [0.1, 0.15) is 23.5 Å². The average molecular weight is 389 g/mol. The molecule has 1 aromatic carbocycles. The lowest BCUT2D eigenvalue weighted by molar-refractivity contribution is -0.130. The Morgan fingerprint density at radius 3 is 2.64 bits per heavy atom. The number of likely N-dealkylation sites (tertiary alicyclic amines) is 1. The van der Waals surface area contributed by atoms with E-state index in [0.717, 1.165) is 0 Å². The van der Waals surface area contributed by atoms with Crippen LogP contribution in [0.2, 0.25) is 0 Å². The molecule has 1 aliphatic heterocycles. The van der Waals surface area contributed by atoms with Crippen LogP contribution in [0.15, 0.2) is 24.3 Å². The zero-order chi connectivity index (χ0) is 19.7. The molecule has 1 saturated carbocycles. The molecule has 0 radical (unpaired) electrons. The first kappa shape index (κ1) is 18.8. The first-order chi connectivity index (χ1) is 13.5. The zero-order valence-electron chi connectivity index (χ0n) is 15.7. The summed E-state index contributed by atoms with van der Waals surface area (Å²) in [7, 11) is 0. The predicted molar refractivity (Wildman–Crippen MR) is 96.8 cm³/mol. The molecule has 2 heterocycles. The van der Waals surface area contributed by atoms with Crippen molar-refractivity contribution in [3.05, 3.63) is 35.9 Å². The van der Waals surface area contributed by atoms with Crippen LogP contribution in [0.25, 0.3) is 0 Å². The lowest BCUT2D eigenvalue weighted by Crippen LogP contribution is -2.42. The molecular formula is C19H24FN5O3. The predicted octanol–water partition coefficient (Wildman–Crippen LogP) is 1.19. The van der Waals surface area contributed by atoms with Crippen molar-refractivity contribution in [1.29, 1.82) is 0 Å². The van der Waals surface area contributed by atoms with E-state index in [0.29, 0.717) is 56.4 Å². The third kappa shape index (κ3) is 3.99. The van der Waals surface area contributed by atoms with E-state index < -0.39 is 6.10 Å². The van der Waals surface area contributed by atoms with E-state index in [1.165, 1.54) is 12.1 Å². The molecule has 4 rings (SSSR count). The maximum atomic E-state index is 13.1. The van der Waals surface area contributed by atoms with Gasteiger partial charge in [0.2, 0.25) is 5.91 Å². The largest absolute Gasteiger partial charge is 0.488 e. The summed E-state index contributed by atoms with van der Waals surface area (Å²) in [6.45, 7) is 3.60. The number of fused-ring (bicyclic) bond motifs is 1. The van der Waals surface area contributed by atoms with Crippen molar-refractivity contribution in [2.75, 3.05) is 13.1 Å². The Morgan fingerprint density at radius 1 is 1.25 bits per heavy atom. The molecule has 2 aromatic rings. The number of aliphatic hydroxyl groups excluding tert-OH is 1. The molecule has 150 valence electrons. The summed E-state index contributed by atoms with van der Waals surface area (Å²) in [5.41, 5.74) is 0. The van der Waals surface area contributed by atoms with Crippen LogP contribution in [0.4, 0.5) is 4.39 Å². The van der Waals surface area contributed by atoms with E-state index in [9.17, 15) is 14.3 Å². The molecule has 2 aliphatic rings. The molecule has 1 amide bonds. The van der Waals surface area contributed by atoms with Crippen LogP contribution in [0.3, 0.4) is 0 Å². The second kappa shape index (κ2) is 7.83. The number of hydrogen-bond acceptors (Lipinski definition) is 6. The van der Waals surface area contributed by atoms with E-state index in [-0.39, 0.29) is 23.7 Å². The molecule has 1 aliphatic carbocycles. The van der Waals surface area contributed by atoms with Crippen LogP contribution in [0.1, 0.15) is 25.1 Å². The Hall–Kier alpha value is -2.55. The van der Waals surface area contributed by atoms with Crippen LogP contribution < -0.4 is 4.74 Å². The fraction of sp³-hybridized carbons (Fsp3) is 0.579. The number of hydrogen-bond donors (Lipinski definition) is 1. The number of aryl methyl sites for hydroxylation is 2. The number of halogens is 1. The molecule has 28 heavy (non-hydrogen) atoms. The van der Waals surface area contributed by atoms with Crippen LogP contribution in [0.5, 0.6) is 5.75 Å². The summed E-state index contributed by atoms with van der Waals surface area (Å²) in [6.07, 6.45) is 0.699. The van der Waals surface area contributed by atoms with E-state index in [2.05, 4.69) is 15.5 Å². The minimum atomic E-state index is -0.592. The Balaban J connectivity index is 1.32. The number of carbonyl (C=O) groups excluding carboxylic acids is 1. The highest BCUT2D eigenvalue weighted by atomic mass is 19.1. The van der Waals surface area contributed by atoms with Gasteiger partial charge in [0.25, 0.3) is 0 Å². The van der Waals surface area contributed by atoms with E-state index in [1.807, 2.05) is 4.90 Å². The van der Waals surface area contributed by atoms with Crippen LogP contribution in [0, 0.1) is 24.6 Å². The highest BCUT2D eigenvalue weighted by Crippen LogP contribution is 2.38. The van der Waals surface area contributed by atoms with Crippen molar-refractivity contribution < 1.29 is 19.0 Å². The van der Waals surface area contributed by atoms with E-state index >= 15 is 0 Å². The number of carbonyl (C=O) groups is 1. The third-order valence-electron chi connectivity index (χ3n) is 5.79. The molecule has 2 fully saturated rings. The zero-order valence-corrected chi connectivity index (χ0v) is 15.7. The molecule has 1 N–H and O–H groups in total. The Bertz CT molecular complexity index is 827. The van der Waals surface area contributed by atoms with Gasteiger partial charge in [-0.05, 0) is 66.3 Å². The second-order valence-electron chi connectivity index (χ2n) is 7.67. The van der Waals surface area contributed by atoms with Gasteiger partial charge in [-0.3, -0.25) is 4.79 Å². The molecule has 1 saturated heterocycles. The number of benzene rings is 1. The lowest BCUT2D eigenvalue weighted by atomic mass is 9.78. The fourth-order valence-electron chi connectivity index (χ4n) is 4.22. The van der Waals surface area contributed by atoms with Gasteiger partial charge in [-0.15, -0.1) is 5.10 Å². The molecule has 0 unspecified atom stereocenters. The van der Waals surface area contributed by atoms with Gasteiger partial charge in [0.05, 0.1) is 12.6 Å². The van der Waals surface area contributed by atoms with Crippen LogP contribution in [-0.2, 0) is 11.3 Å². The lowest BCUT2D eigenvalue weighted by Gasteiger charge is -2.35. The first-order valence-corrected chi connectivity index (χ1v) is 9.60. The average Bonchev–Trinajstić information content (AvgIpc) is 3.27. The van der Waals surface area contributed by atoms with Crippen molar-refractivity contribution in [2.24, 2.45) is 11.8 Å². The number of nitrogens with zero attached hydrogens (tertiary/aromatic N) is 5. The maximum Gasteiger partial charge on any atom is 0.224 e. The van der Waals surface area contributed by atoms with Crippen molar-refractivity contribution in [2.45, 2.75) is 44.9 Å². The smallest absolute Gasteiger partial charge is 0.224 e. The monoisotopic (exact) mass is 389 g/mol. The van der Waals surface area contributed by atoms with Gasteiger partial charge >= 0.3 is 0 Å². The molecule has 1 aromatic heterocycles. The normalized spacial score (nSPS) is 26.9. The molecule has 0 bridgehead atoms. The number of aromatic nitrogens is 4. The highest BCUT2D eigenvalue weighted by Gasteiger charge is 2.43. The molecule has 8 nitrogen and oxygen atoms in total. The molecule has 9 heteroatoms. The van der Waals surface area contributed by atoms with E-state index in [1.54, 1.807) is 23.7 Å². The van der Waals surface area contributed by atoms with Gasteiger partial charge < -0.3 is 14.7 Å². The SMILES string of the molecule is Cc1nnnn1CCC(=O)N1C[C@H]2C[C@@H](Oc3ccc(F)cc3)[C@H](O)C[C@H]2C1. The summed E-state index contributed by atoms with van der Waals surface area (Å²) >= 11 is 0. The van der Waals surface area contributed by atoms with Crippen LogP contribution >= 0.6 is 0 Å². The molecule has 4 atom stereocenters. The standard InChI is InChI=1S/C19H24FN5O3/c1-12-21-22-23-25(12)7-6-19(27)24-10-13-8-17(26)18(9-14(13)11-24)28-16-4-2-15(20)3-5-16/h2-5,13-14,17-18,26H,6-11H2,1H3/t13-,14+,17+,18+/m0/s1. The highest BCUT2D eigenvalue weighted by molar-refractivity contribution is 5.76. The number of aliphatic hydroxyl groups is 1. The van der Waals surface area contributed by atoms with Crippen molar-refractivity contribution in [3.63, 3.8) is 0 Å². The van der Waals surface area contributed by atoms with Gasteiger partial charge in [0, 0.05) is 19.5 Å². The van der Waals surface area contributed by atoms with Crippen molar-refractivity contribution >= 4 is 5.91 Å². The van der Waals surface area contributed by atoms with Gasteiger partial charge in [-0.2, -0.15) is 0 Å². The number of tetrazole rings is 1.